The largest absolute Gasteiger partial charge is 0.416 e. The van der Waals surface area contributed by atoms with E-state index in [1.807, 2.05) is 84.7 Å². The lowest BCUT2D eigenvalue weighted by Gasteiger charge is -2.36. The van der Waals surface area contributed by atoms with Gasteiger partial charge in [0.05, 0.1) is 24.3 Å². The summed E-state index contributed by atoms with van der Waals surface area (Å²) in [4.78, 5) is 47.6. The molecule has 0 unspecified atom stereocenters. The molecule has 1 saturated heterocycles. The average Bonchev–Trinajstić information content (AvgIpc) is 3.59. The molecule has 1 aromatic heterocycles. The predicted molar refractivity (Wildman–Crippen MR) is 212 cm³/mol. The number of halogens is 3. The number of carbonyl (C=O) groups excluding carboxylic acids is 3. The van der Waals surface area contributed by atoms with E-state index in [2.05, 4.69) is 15.2 Å². The van der Waals surface area contributed by atoms with Crippen LogP contribution in [-0.4, -0.2) is 99.8 Å². The maximum atomic E-state index is 14.4. The van der Waals surface area contributed by atoms with Crippen LogP contribution in [0.5, 0.6) is 0 Å². The number of aryl methyl sites for hydroxylation is 1. The first-order chi connectivity index (χ1) is 27.4. The van der Waals surface area contributed by atoms with Crippen LogP contribution in [0.3, 0.4) is 0 Å². The molecule has 0 radical (unpaired) electrons. The number of aromatic nitrogens is 3. The number of rotatable bonds is 14. The number of amides is 3. The molecule has 1 aliphatic rings. The second-order valence-electron chi connectivity index (χ2n) is 14.1. The lowest BCUT2D eigenvalue weighted by atomic mass is 10.0. The van der Waals surface area contributed by atoms with E-state index < -0.39 is 23.7 Å². The van der Waals surface area contributed by atoms with Crippen LogP contribution >= 0.6 is 0 Å². The number of piperazine rings is 1. The van der Waals surface area contributed by atoms with Gasteiger partial charge in [-0.2, -0.15) is 13.2 Å². The number of benzene rings is 4. The van der Waals surface area contributed by atoms with Crippen molar-refractivity contribution in [3.63, 3.8) is 0 Å². The van der Waals surface area contributed by atoms with Gasteiger partial charge in [0.1, 0.15) is 11.6 Å². The first-order valence-electron chi connectivity index (χ1n) is 18.8. The third kappa shape index (κ3) is 10.6. The molecule has 14 heteroatoms. The molecule has 6 rings (SSSR count). The van der Waals surface area contributed by atoms with Gasteiger partial charge in [-0.15, -0.1) is 5.10 Å². The molecule has 2 heterocycles. The maximum absolute atomic E-state index is 14.4. The van der Waals surface area contributed by atoms with Crippen molar-refractivity contribution in [1.82, 2.24) is 29.7 Å². The lowest BCUT2D eigenvalue weighted by Crippen LogP contribution is -2.51. The van der Waals surface area contributed by atoms with E-state index in [1.165, 1.54) is 29.2 Å². The summed E-state index contributed by atoms with van der Waals surface area (Å²) in [7, 11) is 3.50. The Balaban J connectivity index is 1.22. The zero-order chi connectivity index (χ0) is 40.5. The number of nitrogens with zero attached hydrogens (tertiary/aromatic N) is 7. The normalized spacial score (nSPS) is 13.9. The molecular formula is C43H46F3N7O4. The van der Waals surface area contributed by atoms with E-state index in [4.69, 9.17) is 4.74 Å². The zero-order valence-corrected chi connectivity index (χ0v) is 32.2. The average molecular weight is 782 g/mol. The molecule has 0 bridgehead atoms. The van der Waals surface area contributed by atoms with Gasteiger partial charge in [-0.05, 0) is 64.7 Å². The Hall–Kier alpha value is -6.02. The minimum Gasteiger partial charge on any atom is -0.375 e. The number of fused-ring (bicyclic) bond motifs is 1. The van der Waals surface area contributed by atoms with Gasteiger partial charge in [-0.1, -0.05) is 65.9 Å². The molecule has 4 aromatic carbocycles. The van der Waals surface area contributed by atoms with Crippen molar-refractivity contribution in [3.8, 4) is 0 Å². The van der Waals surface area contributed by atoms with Gasteiger partial charge in [-0.25, -0.2) is 4.68 Å². The Morgan fingerprint density at radius 2 is 1.56 bits per heavy atom. The highest BCUT2D eigenvalue weighted by molar-refractivity contribution is 5.95. The fourth-order valence-corrected chi connectivity index (χ4v) is 6.78. The molecule has 1 atom stereocenters. The number of ether oxygens (including phenoxy) is 1. The molecule has 11 nitrogen and oxygen atoms in total. The van der Waals surface area contributed by atoms with E-state index in [-0.39, 0.29) is 37.9 Å². The third-order valence-corrected chi connectivity index (χ3v) is 10.1. The molecule has 0 N–H and O–H groups in total. The number of likely N-dealkylation sites (N-methyl/N-ethyl adjacent to an activating group) is 1. The Morgan fingerprint density at radius 3 is 2.23 bits per heavy atom. The van der Waals surface area contributed by atoms with E-state index in [0.717, 1.165) is 45.5 Å². The van der Waals surface area contributed by atoms with Crippen LogP contribution in [0, 0.1) is 0 Å². The summed E-state index contributed by atoms with van der Waals surface area (Å²) in [5.41, 5.74) is 4.82. The van der Waals surface area contributed by atoms with Crippen molar-refractivity contribution < 1.29 is 32.3 Å². The van der Waals surface area contributed by atoms with Crippen LogP contribution in [0.25, 0.3) is 17.1 Å². The quantitative estimate of drug-likeness (QED) is 0.101. The molecule has 0 spiro atoms. The molecule has 1 aliphatic heterocycles. The summed E-state index contributed by atoms with van der Waals surface area (Å²) in [6.07, 6.45) is -1.50. The number of carbonyl (C=O) groups is 3. The standard InChI is InChI=1S/C43H46F3N7O4/c1-31(54)51-21-23-52(24-22-51)37-17-11-34(12-18-37)29-53(41(55)20-14-32-9-15-36(16-10-32)43(44,45)46)40(28-33-7-5-4-6-8-33)42(56)49(2)25-26-57-30-35-13-19-39-38(27-35)47-48-50(39)3/h4-20,27,40H,21-26,28-30H2,1-3H3/b20-14+/t40-/m0/s1. The molecule has 57 heavy (non-hydrogen) atoms. The summed E-state index contributed by atoms with van der Waals surface area (Å²) in [5, 5.41) is 8.20. The van der Waals surface area contributed by atoms with Gasteiger partial charge in [0.25, 0.3) is 0 Å². The lowest BCUT2D eigenvalue weighted by molar-refractivity contribution is -0.143. The van der Waals surface area contributed by atoms with Gasteiger partial charge < -0.3 is 24.3 Å². The van der Waals surface area contributed by atoms with Crippen molar-refractivity contribution in [2.75, 3.05) is 51.3 Å². The summed E-state index contributed by atoms with van der Waals surface area (Å²) < 4.78 is 47.3. The van der Waals surface area contributed by atoms with Crippen LogP contribution in [0.1, 0.15) is 34.7 Å². The third-order valence-electron chi connectivity index (χ3n) is 10.1. The first-order valence-corrected chi connectivity index (χ1v) is 18.8. The summed E-state index contributed by atoms with van der Waals surface area (Å²) in [6.45, 7) is 5.11. The summed E-state index contributed by atoms with van der Waals surface area (Å²) in [5.74, 6) is -0.714. The van der Waals surface area contributed by atoms with E-state index in [0.29, 0.717) is 38.3 Å². The minimum absolute atomic E-state index is 0.0524. The Bertz CT molecular complexity index is 2170. The molecule has 5 aromatic rings. The topological polar surface area (TPSA) is 104 Å². The fraction of sp³-hybridized carbons (Fsp3) is 0.326. The fourth-order valence-electron chi connectivity index (χ4n) is 6.78. The number of alkyl halides is 3. The molecule has 298 valence electrons. The van der Waals surface area contributed by atoms with Crippen molar-refractivity contribution in [2.45, 2.75) is 38.7 Å². The molecular weight excluding hydrogens is 736 g/mol. The van der Waals surface area contributed by atoms with Crippen molar-refractivity contribution in [1.29, 1.82) is 0 Å². The Kier molecular flexibility index (Phi) is 13.0. The SMILES string of the molecule is CC(=O)N1CCN(c2ccc(CN(C(=O)/C=C/c3ccc(C(F)(F)F)cc3)[C@@H](Cc3ccccc3)C(=O)N(C)CCOCc3ccc4c(c3)nnn4C)cc2)CC1. The van der Waals surface area contributed by atoms with Gasteiger partial charge in [0, 0.05) is 78.5 Å². The molecule has 0 aliphatic carbocycles. The number of hydrogen-bond acceptors (Lipinski definition) is 7. The Morgan fingerprint density at radius 1 is 0.877 bits per heavy atom. The van der Waals surface area contributed by atoms with Crippen LogP contribution in [0.15, 0.2) is 103 Å². The van der Waals surface area contributed by atoms with E-state index >= 15 is 0 Å². The van der Waals surface area contributed by atoms with Crippen molar-refractivity contribution in [2.24, 2.45) is 7.05 Å². The van der Waals surface area contributed by atoms with Gasteiger partial charge in [0.15, 0.2) is 0 Å². The summed E-state index contributed by atoms with van der Waals surface area (Å²) >= 11 is 0. The Labute approximate surface area is 329 Å². The van der Waals surface area contributed by atoms with Gasteiger partial charge in [-0.3, -0.25) is 14.4 Å². The smallest absolute Gasteiger partial charge is 0.375 e. The van der Waals surface area contributed by atoms with E-state index in [1.54, 1.807) is 23.6 Å². The second kappa shape index (κ2) is 18.3. The van der Waals surface area contributed by atoms with Crippen LogP contribution < -0.4 is 4.90 Å². The molecule has 3 amide bonds. The van der Waals surface area contributed by atoms with Crippen LogP contribution in [0.4, 0.5) is 18.9 Å². The summed E-state index contributed by atoms with van der Waals surface area (Å²) in [6, 6.07) is 26.6. The minimum atomic E-state index is -4.49. The highest BCUT2D eigenvalue weighted by Gasteiger charge is 2.32. The van der Waals surface area contributed by atoms with Crippen LogP contribution in [0.2, 0.25) is 0 Å². The molecule has 0 saturated carbocycles. The van der Waals surface area contributed by atoms with Gasteiger partial charge >= 0.3 is 6.18 Å². The first kappa shape index (κ1) is 40.6. The number of hydrogen-bond donors (Lipinski definition) is 0. The predicted octanol–water partition coefficient (Wildman–Crippen LogP) is 5.98. The number of anilines is 1. The van der Waals surface area contributed by atoms with Crippen molar-refractivity contribution >= 4 is 40.5 Å². The molecule has 1 fully saturated rings. The van der Waals surface area contributed by atoms with Crippen molar-refractivity contribution in [3.05, 3.63) is 131 Å². The van der Waals surface area contributed by atoms with Gasteiger partial charge in [0.2, 0.25) is 17.7 Å². The second-order valence-corrected chi connectivity index (χ2v) is 14.1. The van der Waals surface area contributed by atoms with Crippen LogP contribution in [-0.2, 0) is 51.9 Å². The zero-order valence-electron chi connectivity index (χ0n) is 32.2. The highest BCUT2D eigenvalue weighted by atomic mass is 19.4. The maximum Gasteiger partial charge on any atom is 0.416 e. The van der Waals surface area contributed by atoms with E-state index in [9.17, 15) is 27.6 Å². The highest BCUT2D eigenvalue weighted by Crippen LogP contribution is 2.29. The monoisotopic (exact) mass is 781 g/mol.